The van der Waals surface area contributed by atoms with Gasteiger partial charge in [-0.05, 0) is 48.7 Å². The summed E-state index contributed by atoms with van der Waals surface area (Å²) in [6, 6.07) is 14.4. The highest BCUT2D eigenvalue weighted by Gasteiger charge is 2.13. The average Bonchev–Trinajstić information content (AvgIpc) is 3.03. The lowest BCUT2D eigenvalue weighted by molar-refractivity contribution is 0.102. The Bertz CT molecular complexity index is 833. The molecule has 0 radical (unpaired) electrons. The summed E-state index contributed by atoms with van der Waals surface area (Å²) in [5, 5.41) is 10.8. The molecule has 0 fully saturated rings. The van der Waals surface area contributed by atoms with Crippen molar-refractivity contribution in [1.29, 1.82) is 0 Å². The Balaban J connectivity index is 1.75. The zero-order chi connectivity index (χ0) is 16.2. The Hall–Kier alpha value is -2.31. The van der Waals surface area contributed by atoms with Crippen LogP contribution in [0, 0.1) is 0 Å². The van der Waals surface area contributed by atoms with Crippen molar-refractivity contribution >= 4 is 35.3 Å². The summed E-state index contributed by atoms with van der Waals surface area (Å²) in [6.07, 6.45) is 2.01. The van der Waals surface area contributed by atoms with E-state index in [0.29, 0.717) is 16.5 Å². The molecule has 0 aliphatic rings. The number of rotatable bonds is 4. The number of nitrogens with one attached hydrogen (secondary N) is 1. The van der Waals surface area contributed by atoms with Crippen LogP contribution in [-0.4, -0.2) is 22.4 Å². The van der Waals surface area contributed by atoms with Gasteiger partial charge in [0.05, 0.1) is 0 Å². The maximum absolute atomic E-state index is 12.1. The van der Waals surface area contributed by atoms with E-state index in [1.807, 2.05) is 30.5 Å². The molecule has 0 aliphatic carbocycles. The van der Waals surface area contributed by atoms with E-state index >= 15 is 0 Å². The van der Waals surface area contributed by atoms with Crippen LogP contribution in [0.5, 0.6) is 0 Å². The van der Waals surface area contributed by atoms with Crippen LogP contribution in [0.3, 0.4) is 0 Å². The molecule has 0 saturated heterocycles. The highest BCUT2D eigenvalue weighted by molar-refractivity contribution is 7.98. The van der Waals surface area contributed by atoms with Crippen molar-refractivity contribution in [3.05, 3.63) is 59.1 Å². The van der Waals surface area contributed by atoms with Gasteiger partial charge >= 0.3 is 6.01 Å². The number of hydrogen-bond donors (Lipinski definition) is 1. The summed E-state index contributed by atoms with van der Waals surface area (Å²) in [7, 11) is 0. The summed E-state index contributed by atoms with van der Waals surface area (Å²) < 4.78 is 5.47. The van der Waals surface area contributed by atoms with Crippen LogP contribution in [0.25, 0.3) is 11.5 Å². The van der Waals surface area contributed by atoms with E-state index < -0.39 is 0 Å². The van der Waals surface area contributed by atoms with Crippen LogP contribution in [0.2, 0.25) is 5.02 Å². The molecular weight excluding hydrogens is 334 g/mol. The molecule has 3 rings (SSSR count). The largest absolute Gasteiger partial charge is 0.403 e. The number of thioether (sulfide) groups is 1. The standard InChI is InChI=1S/C16H12ClN3O2S/c1-23-13-7-5-10(6-8-13)15-19-20-16(22-15)18-14(21)11-3-2-4-12(17)9-11/h2-9H,1H3,(H,18,20,21). The number of benzene rings is 2. The Kier molecular flexibility index (Phi) is 4.64. The van der Waals surface area contributed by atoms with Crippen molar-refractivity contribution in [2.45, 2.75) is 4.90 Å². The number of aromatic nitrogens is 2. The molecule has 1 N–H and O–H groups in total. The average molecular weight is 346 g/mol. The fourth-order valence-corrected chi connectivity index (χ4v) is 2.52. The van der Waals surface area contributed by atoms with Gasteiger partial charge in [-0.2, -0.15) is 0 Å². The molecule has 0 aliphatic heterocycles. The number of hydrogen-bond acceptors (Lipinski definition) is 5. The number of nitrogens with zero attached hydrogens (tertiary/aromatic N) is 2. The fraction of sp³-hybridized carbons (Fsp3) is 0.0625. The zero-order valence-corrected chi connectivity index (χ0v) is 13.7. The van der Waals surface area contributed by atoms with E-state index in [1.54, 1.807) is 36.0 Å². The lowest BCUT2D eigenvalue weighted by atomic mass is 10.2. The first-order valence-electron chi connectivity index (χ1n) is 6.70. The van der Waals surface area contributed by atoms with E-state index in [1.165, 1.54) is 0 Å². The predicted octanol–water partition coefficient (Wildman–Crippen LogP) is 4.36. The molecule has 0 bridgehead atoms. The molecule has 116 valence electrons. The second-order valence-electron chi connectivity index (χ2n) is 4.61. The predicted molar refractivity (Wildman–Crippen MR) is 90.9 cm³/mol. The van der Waals surface area contributed by atoms with E-state index in [-0.39, 0.29) is 11.9 Å². The second-order valence-corrected chi connectivity index (χ2v) is 5.92. The molecular formula is C16H12ClN3O2S. The van der Waals surface area contributed by atoms with Crippen LogP contribution >= 0.6 is 23.4 Å². The van der Waals surface area contributed by atoms with Gasteiger partial charge in [-0.3, -0.25) is 10.1 Å². The van der Waals surface area contributed by atoms with E-state index in [2.05, 4.69) is 15.5 Å². The monoisotopic (exact) mass is 345 g/mol. The van der Waals surface area contributed by atoms with E-state index in [0.717, 1.165) is 10.5 Å². The third-order valence-electron chi connectivity index (χ3n) is 3.07. The minimum Gasteiger partial charge on any atom is -0.403 e. The van der Waals surface area contributed by atoms with Crippen LogP contribution in [0.1, 0.15) is 10.4 Å². The Morgan fingerprint density at radius 1 is 1.17 bits per heavy atom. The van der Waals surface area contributed by atoms with E-state index in [9.17, 15) is 4.79 Å². The molecule has 3 aromatic rings. The second kappa shape index (κ2) is 6.85. The van der Waals surface area contributed by atoms with E-state index in [4.69, 9.17) is 16.0 Å². The Morgan fingerprint density at radius 3 is 2.65 bits per heavy atom. The summed E-state index contributed by atoms with van der Waals surface area (Å²) >= 11 is 7.52. The Morgan fingerprint density at radius 2 is 1.96 bits per heavy atom. The molecule has 23 heavy (non-hydrogen) atoms. The smallest absolute Gasteiger partial charge is 0.322 e. The van der Waals surface area contributed by atoms with Crippen molar-refractivity contribution in [2.75, 3.05) is 11.6 Å². The van der Waals surface area contributed by atoms with Crippen LogP contribution in [0.15, 0.2) is 57.8 Å². The van der Waals surface area contributed by atoms with Gasteiger partial charge in [0.25, 0.3) is 5.91 Å². The first-order valence-corrected chi connectivity index (χ1v) is 8.31. The maximum atomic E-state index is 12.1. The van der Waals surface area contributed by atoms with Crippen LogP contribution in [-0.2, 0) is 0 Å². The van der Waals surface area contributed by atoms with Gasteiger partial charge in [0.1, 0.15) is 0 Å². The maximum Gasteiger partial charge on any atom is 0.322 e. The van der Waals surface area contributed by atoms with Gasteiger partial charge < -0.3 is 4.42 Å². The number of carbonyl (C=O) groups excluding carboxylic acids is 1. The van der Waals surface area contributed by atoms with Crippen molar-refractivity contribution in [2.24, 2.45) is 0 Å². The fourth-order valence-electron chi connectivity index (χ4n) is 1.92. The molecule has 1 amide bonds. The molecule has 1 heterocycles. The first kappa shape index (κ1) is 15.6. The third kappa shape index (κ3) is 3.72. The molecule has 0 spiro atoms. The minimum atomic E-state index is -0.361. The number of anilines is 1. The molecule has 0 unspecified atom stereocenters. The normalized spacial score (nSPS) is 10.5. The van der Waals surface area contributed by atoms with Crippen molar-refractivity contribution in [3.63, 3.8) is 0 Å². The highest BCUT2D eigenvalue weighted by atomic mass is 35.5. The summed E-state index contributed by atoms with van der Waals surface area (Å²) in [6.45, 7) is 0. The van der Waals surface area contributed by atoms with Gasteiger partial charge in [-0.1, -0.05) is 22.8 Å². The number of halogens is 1. The number of carbonyl (C=O) groups is 1. The molecule has 0 saturated carbocycles. The minimum absolute atomic E-state index is 0.0407. The van der Waals surface area contributed by atoms with Crippen LogP contribution < -0.4 is 5.32 Å². The highest BCUT2D eigenvalue weighted by Crippen LogP contribution is 2.23. The topological polar surface area (TPSA) is 68.0 Å². The molecule has 0 atom stereocenters. The van der Waals surface area contributed by atoms with Crippen molar-refractivity contribution in [3.8, 4) is 11.5 Å². The summed E-state index contributed by atoms with van der Waals surface area (Å²) in [5.41, 5.74) is 1.21. The first-order chi connectivity index (χ1) is 11.2. The van der Waals surface area contributed by atoms with Crippen LogP contribution in [0.4, 0.5) is 6.01 Å². The SMILES string of the molecule is CSc1ccc(-c2nnc(NC(=O)c3cccc(Cl)c3)o2)cc1. The van der Waals surface area contributed by atoms with Crippen molar-refractivity contribution in [1.82, 2.24) is 10.2 Å². The quantitative estimate of drug-likeness (QED) is 0.711. The zero-order valence-electron chi connectivity index (χ0n) is 12.1. The summed E-state index contributed by atoms with van der Waals surface area (Å²) in [4.78, 5) is 13.2. The van der Waals surface area contributed by atoms with Gasteiger partial charge in [0, 0.05) is 21.0 Å². The van der Waals surface area contributed by atoms with Gasteiger partial charge in [0.2, 0.25) is 5.89 Å². The molecule has 2 aromatic carbocycles. The van der Waals surface area contributed by atoms with Crippen molar-refractivity contribution < 1.29 is 9.21 Å². The van der Waals surface area contributed by atoms with Gasteiger partial charge in [0.15, 0.2) is 0 Å². The van der Waals surface area contributed by atoms with Gasteiger partial charge in [-0.25, -0.2) is 0 Å². The van der Waals surface area contributed by atoms with Gasteiger partial charge in [-0.15, -0.1) is 16.9 Å². The molecule has 1 aromatic heterocycles. The Labute approximate surface area is 142 Å². The lowest BCUT2D eigenvalue weighted by Gasteiger charge is -2.01. The lowest BCUT2D eigenvalue weighted by Crippen LogP contribution is -2.11. The summed E-state index contributed by atoms with van der Waals surface area (Å²) in [5.74, 6) is -0.0144. The molecule has 7 heteroatoms. The third-order valence-corrected chi connectivity index (χ3v) is 4.05. The number of amides is 1. The molecule has 5 nitrogen and oxygen atoms in total.